The first-order chi connectivity index (χ1) is 17.6. The number of aromatic nitrogens is 2. The third kappa shape index (κ3) is 6.06. The van der Waals surface area contributed by atoms with Gasteiger partial charge in [0.05, 0.1) is 40.1 Å². The highest BCUT2D eigenvalue weighted by atomic mass is 35.5. The van der Waals surface area contributed by atoms with Crippen LogP contribution in [0, 0.1) is 0 Å². The predicted molar refractivity (Wildman–Crippen MR) is 149 cm³/mol. The van der Waals surface area contributed by atoms with Crippen molar-refractivity contribution in [2.75, 3.05) is 17.2 Å². The average molecular weight is 539 g/mol. The van der Waals surface area contributed by atoms with Crippen molar-refractivity contribution in [2.24, 2.45) is 0 Å². The van der Waals surface area contributed by atoms with Crippen LogP contribution >= 0.6 is 23.2 Å². The number of ether oxygens (including phenoxy) is 1. The number of hydrogen-bond acceptors (Lipinski definition) is 4. The number of rotatable bonds is 6. The number of hydrogen-bond donors (Lipinski definition) is 2. The number of amides is 2. The Morgan fingerprint density at radius 2 is 1.76 bits per heavy atom. The third-order valence-electron chi connectivity index (χ3n) is 5.74. The summed E-state index contributed by atoms with van der Waals surface area (Å²) in [6.07, 6.45) is 0.117. The van der Waals surface area contributed by atoms with Crippen LogP contribution in [0.25, 0.3) is 16.5 Å². The maximum absolute atomic E-state index is 13.0. The second kappa shape index (κ2) is 10.8. The smallest absolute Gasteiger partial charge is 0.324 e. The van der Waals surface area contributed by atoms with Crippen molar-refractivity contribution < 1.29 is 14.3 Å². The molecule has 192 valence electrons. The molecule has 3 aromatic carbocycles. The van der Waals surface area contributed by atoms with E-state index in [4.69, 9.17) is 33.0 Å². The zero-order valence-corrected chi connectivity index (χ0v) is 22.6. The van der Waals surface area contributed by atoms with Gasteiger partial charge in [0.1, 0.15) is 5.82 Å². The lowest BCUT2D eigenvalue weighted by atomic mass is 9.92. The van der Waals surface area contributed by atoms with Gasteiger partial charge in [0, 0.05) is 11.5 Å². The van der Waals surface area contributed by atoms with E-state index in [0.717, 1.165) is 22.0 Å². The summed E-state index contributed by atoms with van der Waals surface area (Å²) in [7, 11) is 0. The number of nitrogens with zero attached hydrogens (tertiary/aromatic N) is 2. The molecule has 0 aliphatic rings. The average Bonchev–Trinajstić information content (AvgIpc) is 3.26. The van der Waals surface area contributed by atoms with Crippen LogP contribution in [0.2, 0.25) is 10.0 Å². The van der Waals surface area contributed by atoms with Gasteiger partial charge in [-0.15, -0.1) is 0 Å². The highest BCUT2D eigenvalue weighted by molar-refractivity contribution is 6.44. The van der Waals surface area contributed by atoms with Gasteiger partial charge in [-0.25, -0.2) is 9.48 Å². The first-order valence-corrected chi connectivity index (χ1v) is 12.6. The Kier molecular flexibility index (Phi) is 7.76. The van der Waals surface area contributed by atoms with Crippen LogP contribution < -0.4 is 10.6 Å². The quantitative estimate of drug-likeness (QED) is 0.251. The Bertz CT molecular complexity index is 1470. The summed E-state index contributed by atoms with van der Waals surface area (Å²) in [5.41, 5.74) is 2.39. The summed E-state index contributed by atoms with van der Waals surface area (Å²) in [6, 6.07) is 18.0. The van der Waals surface area contributed by atoms with Gasteiger partial charge in [0.25, 0.3) is 0 Å². The van der Waals surface area contributed by atoms with Crippen LogP contribution in [0.4, 0.5) is 16.3 Å². The van der Waals surface area contributed by atoms with Crippen molar-refractivity contribution >= 4 is 57.5 Å². The van der Waals surface area contributed by atoms with E-state index in [1.165, 1.54) is 0 Å². The van der Waals surface area contributed by atoms with Crippen molar-refractivity contribution in [3.8, 4) is 5.69 Å². The van der Waals surface area contributed by atoms with E-state index in [2.05, 4.69) is 10.6 Å². The minimum atomic E-state index is -0.502. The van der Waals surface area contributed by atoms with Gasteiger partial charge in [-0.1, -0.05) is 74.3 Å². The van der Waals surface area contributed by atoms with Crippen LogP contribution in [0.15, 0.2) is 60.7 Å². The largest absolute Gasteiger partial charge is 0.466 e. The van der Waals surface area contributed by atoms with Gasteiger partial charge in [0.2, 0.25) is 0 Å². The van der Waals surface area contributed by atoms with Crippen molar-refractivity contribution in [1.82, 2.24) is 9.78 Å². The molecule has 0 aliphatic heterocycles. The molecule has 7 nitrogen and oxygen atoms in total. The van der Waals surface area contributed by atoms with Crippen molar-refractivity contribution in [1.29, 1.82) is 0 Å². The number of carbonyl (C=O) groups excluding carboxylic acids is 2. The number of fused-ring (bicyclic) bond motifs is 1. The van der Waals surface area contributed by atoms with Crippen LogP contribution in [0.3, 0.4) is 0 Å². The van der Waals surface area contributed by atoms with Crippen LogP contribution in [-0.2, 0) is 21.4 Å². The molecule has 1 heterocycles. The summed E-state index contributed by atoms with van der Waals surface area (Å²) in [6.45, 7) is 8.22. The van der Waals surface area contributed by atoms with Gasteiger partial charge < -0.3 is 10.1 Å². The summed E-state index contributed by atoms with van der Waals surface area (Å²) in [5.74, 6) is 0.148. The molecule has 0 unspecified atom stereocenters. The fourth-order valence-corrected chi connectivity index (χ4v) is 4.26. The summed E-state index contributed by atoms with van der Waals surface area (Å²) in [4.78, 5) is 25.3. The molecule has 0 saturated carbocycles. The van der Waals surface area contributed by atoms with E-state index in [1.54, 1.807) is 29.8 Å². The highest BCUT2D eigenvalue weighted by Gasteiger charge is 2.23. The molecule has 0 fully saturated rings. The molecule has 4 rings (SSSR count). The number of carbonyl (C=O) groups is 2. The topological polar surface area (TPSA) is 85.2 Å². The standard InChI is InChI=1S/C28H28Cl2N4O3/c1-5-37-25(35)15-18-14-19(13-17-9-6-7-10-20(17)18)34-24(16-23(33-34)28(2,3)4)32-27(36)31-22-12-8-11-21(29)26(22)30/h6-14,16H,5,15H2,1-4H3,(H2,31,32,36). The molecule has 9 heteroatoms. The summed E-state index contributed by atoms with van der Waals surface area (Å²) < 4.78 is 6.86. The fourth-order valence-electron chi connectivity index (χ4n) is 3.91. The number of benzene rings is 3. The number of nitrogens with one attached hydrogen (secondary N) is 2. The molecular formula is C28H28Cl2N4O3. The van der Waals surface area contributed by atoms with Gasteiger partial charge in [-0.2, -0.15) is 5.10 Å². The SMILES string of the molecule is CCOC(=O)Cc1cc(-n2nc(C(C)(C)C)cc2NC(=O)Nc2cccc(Cl)c2Cl)cc2ccccc12. The van der Waals surface area contributed by atoms with Crippen LogP contribution in [-0.4, -0.2) is 28.4 Å². The second-order valence-corrected chi connectivity index (χ2v) is 10.4. The van der Waals surface area contributed by atoms with Gasteiger partial charge in [-0.05, 0) is 47.5 Å². The summed E-state index contributed by atoms with van der Waals surface area (Å²) >= 11 is 12.3. The third-order valence-corrected chi connectivity index (χ3v) is 6.56. The first kappa shape index (κ1) is 26.5. The van der Waals surface area contributed by atoms with E-state index in [0.29, 0.717) is 28.8 Å². The highest BCUT2D eigenvalue weighted by Crippen LogP contribution is 2.31. The number of anilines is 2. The Labute approximate surface area is 225 Å². The molecular weight excluding hydrogens is 511 g/mol. The van der Waals surface area contributed by atoms with E-state index < -0.39 is 6.03 Å². The number of halogens is 2. The minimum Gasteiger partial charge on any atom is -0.466 e. The van der Waals surface area contributed by atoms with Crippen molar-refractivity contribution in [3.63, 3.8) is 0 Å². The maximum Gasteiger partial charge on any atom is 0.324 e. The van der Waals surface area contributed by atoms with Crippen molar-refractivity contribution in [3.05, 3.63) is 82.0 Å². The molecule has 4 aromatic rings. The minimum absolute atomic E-state index is 0.117. The van der Waals surface area contributed by atoms with E-state index in [9.17, 15) is 9.59 Å². The fraction of sp³-hybridized carbons (Fsp3) is 0.250. The molecule has 2 N–H and O–H groups in total. The van der Waals surface area contributed by atoms with E-state index in [-0.39, 0.29) is 22.8 Å². The number of urea groups is 1. The first-order valence-electron chi connectivity index (χ1n) is 11.9. The molecule has 2 amide bonds. The molecule has 0 spiro atoms. The van der Waals surface area contributed by atoms with Crippen LogP contribution in [0.5, 0.6) is 0 Å². The van der Waals surface area contributed by atoms with Crippen LogP contribution in [0.1, 0.15) is 39.0 Å². The second-order valence-electron chi connectivity index (χ2n) is 9.56. The Hall–Kier alpha value is -3.55. The Morgan fingerprint density at radius 1 is 1.00 bits per heavy atom. The predicted octanol–water partition coefficient (Wildman–Crippen LogP) is 7.38. The zero-order chi connectivity index (χ0) is 26.7. The summed E-state index contributed by atoms with van der Waals surface area (Å²) in [5, 5.41) is 12.9. The van der Waals surface area contributed by atoms with Crippen molar-refractivity contribution in [2.45, 2.75) is 39.5 Å². The molecule has 0 saturated heterocycles. The molecule has 0 atom stereocenters. The zero-order valence-electron chi connectivity index (χ0n) is 21.1. The van der Waals surface area contributed by atoms with Gasteiger partial charge >= 0.3 is 12.0 Å². The lowest BCUT2D eigenvalue weighted by molar-refractivity contribution is -0.142. The Morgan fingerprint density at radius 3 is 2.49 bits per heavy atom. The lowest BCUT2D eigenvalue weighted by Gasteiger charge is -2.15. The number of esters is 1. The van der Waals surface area contributed by atoms with Gasteiger partial charge in [0.15, 0.2) is 0 Å². The monoisotopic (exact) mass is 538 g/mol. The molecule has 0 bridgehead atoms. The molecule has 37 heavy (non-hydrogen) atoms. The Balaban J connectivity index is 1.76. The van der Waals surface area contributed by atoms with Gasteiger partial charge in [-0.3, -0.25) is 10.1 Å². The maximum atomic E-state index is 13.0. The molecule has 0 radical (unpaired) electrons. The van der Waals surface area contributed by atoms with E-state index >= 15 is 0 Å². The van der Waals surface area contributed by atoms with E-state index in [1.807, 2.05) is 63.2 Å². The normalized spacial score (nSPS) is 11.4. The lowest BCUT2D eigenvalue weighted by Crippen LogP contribution is -2.21. The molecule has 0 aliphatic carbocycles. The molecule has 1 aromatic heterocycles.